The first-order chi connectivity index (χ1) is 10.4. The van der Waals surface area contributed by atoms with Gasteiger partial charge in [-0.2, -0.15) is 8.78 Å². The molecule has 0 radical (unpaired) electrons. The van der Waals surface area contributed by atoms with Gasteiger partial charge in [-0.3, -0.25) is 0 Å². The molecule has 0 aromatic heterocycles. The van der Waals surface area contributed by atoms with Gasteiger partial charge in [-0.15, -0.1) is 24.0 Å². The van der Waals surface area contributed by atoms with Crippen LogP contribution in [0, 0.1) is 0 Å². The van der Waals surface area contributed by atoms with E-state index in [9.17, 15) is 8.78 Å². The summed E-state index contributed by atoms with van der Waals surface area (Å²) in [5.41, 5.74) is 7.06. The first-order valence-electron chi connectivity index (χ1n) is 6.81. The molecule has 130 valence electrons. The van der Waals surface area contributed by atoms with Crippen LogP contribution in [0.4, 0.5) is 8.78 Å². The zero-order chi connectivity index (χ0) is 16.5. The van der Waals surface area contributed by atoms with Crippen molar-refractivity contribution in [3.8, 4) is 11.5 Å². The molecule has 0 aliphatic rings. The van der Waals surface area contributed by atoms with Crippen LogP contribution in [0.1, 0.15) is 19.4 Å². The summed E-state index contributed by atoms with van der Waals surface area (Å²) in [6.07, 6.45) is 0. The molecule has 0 aliphatic carbocycles. The van der Waals surface area contributed by atoms with Crippen molar-refractivity contribution in [1.29, 1.82) is 0 Å². The number of nitrogens with one attached hydrogen (secondary N) is 1. The number of benzene rings is 1. The van der Waals surface area contributed by atoms with Gasteiger partial charge in [0.2, 0.25) is 0 Å². The van der Waals surface area contributed by atoms with Crippen LogP contribution in [0.3, 0.4) is 0 Å². The molecule has 0 aliphatic heterocycles. The van der Waals surface area contributed by atoms with Crippen LogP contribution < -0.4 is 20.5 Å². The molecule has 5 nitrogen and oxygen atoms in total. The smallest absolute Gasteiger partial charge is 0.387 e. The van der Waals surface area contributed by atoms with E-state index in [0.717, 1.165) is 5.57 Å². The van der Waals surface area contributed by atoms with Crippen molar-refractivity contribution in [2.24, 2.45) is 10.7 Å². The lowest BCUT2D eigenvalue weighted by Crippen LogP contribution is -2.32. The highest BCUT2D eigenvalue weighted by Crippen LogP contribution is 2.33. The molecule has 0 spiro atoms. The Bertz CT molecular complexity index is 539. The summed E-state index contributed by atoms with van der Waals surface area (Å²) < 4.78 is 35.0. The molecule has 1 aromatic carbocycles. The summed E-state index contributed by atoms with van der Waals surface area (Å²) >= 11 is 0. The number of ether oxygens (including phenoxy) is 2. The fourth-order valence-corrected chi connectivity index (χ4v) is 1.65. The van der Waals surface area contributed by atoms with E-state index < -0.39 is 6.61 Å². The molecule has 0 atom stereocenters. The van der Waals surface area contributed by atoms with Gasteiger partial charge in [0.15, 0.2) is 17.5 Å². The SMILES string of the molecule is C=C(C)CNC(N)=NCc1cccc(OCC)c1OC(F)F.I. The fraction of sp³-hybridized carbons (Fsp3) is 0.400. The fourth-order valence-electron chi connectivity index (χ4n) is 1.65. The van der Waals surface area contributed by atoms with Crippen molar-refractivity contribution >= 4 is 29.9 Å². The predicted octanol–water partition coefficient (Wildman–Crippen LogP) is 3.29. The molecule has 0 amide bonds. The highest BCUT2D eigenvalue weighted by molar-refractivity contribution is 14.0. The lowest BCUT2D eigenvalue weighted by Gasteiger charge is -2.14. The third kappa shape index (κ3) is 8.00. The maximum Gasteiger partial charge on any atom is 0.387 e. The van der Waals surface area contributed by atoms with Gasteiger partial charge in [0.1, 0.15) is 0 Å². The van der Waals surface area contributed by atoms with Crippen molar-refractivity contribution in [3.05, 3.63) is 35.9 Å². The van der Waals surface area contributed by atoms with E-state index in [4.69, 9.17) is 10.5 Å². The Balaban J connectivity index is 0.00000484. The highest BCUT2D eigenvalue weighted by Gasteiger charge is 2.15. The van der Waals surface area contributed by atoms with Crippen LogP contribution in [-0.2, 0) is 6.54 Å². The number of alkyl halides is 2. The minimum Gasteiger partial charge on any atom is -0.490 e. The normalized spacial score (nSPS) is 10.9. The summed E-state index contributed by atoms with van der Waals surface area (Å²) in [4.78, 5) is 4.10. The molecule has 1 aromatic rings. The number of halogens is 3. The molecule has 0 saturated heterocycles. The van der Waals surface area contributed by atoms with Gasteiger partial charge >= 0.3 is 6.61 Å². The zero-order valence-electron chi connectivity index (χ0n) is 13.1. The first-order valence-corrected chi connectivity index (χ1v) is 6.81. The molecule has 0 saturated carbocycles. The maximum absolute atomic E-state index is 12.6. The predicted molar refractivity (Wildman–Crippen MR) is 97.8 cm³/mol. The standard InChI is InChI=1S/C15H21F2N3O2.HI/c1-4-21-12-7-5-6-11(13(12)22-14(16)17)9-20-15(18)19-8-10(2)3;/h5-7,14H,2,4,8-9H2,1,3H3,(H3,18,19,20);1H. The van der Waals surface area contributed by atoms with Crippen LogP contribution in [-0.4, -0.2) is 25.7 Å². The van der Waals surface area contributed by atoms with E-state index in [-0.39, 0.29) is 48.0 Å². The Hall–Kier alpha value is -1.58. The highest BCUT2D eigenvalue weighted by atomic mass is 127. The zero-order valence-corrected chi connectivity index (χ0v) is 15.5. The van der Waals surface area contributed by atoms with Crippen LogP contribution in [0.15, 0.2) is 35.3 Å². The Morgan fingerprint density at radius 3 is 2.70 bits per heavy atom. The molecule has 3 N–H and O–H groups in total. The van der Waals surface area contributed by atoms with E-state index in [0.29, 0.717) is 18.7 Å². The number of nitrogens with two attached hydrogens (primary N) is 1. The second-order valence-electron chi connectivity index (χ2n) is 4.57. The molecule has 8 heteroatoms. The van der Waals surface area contributed by atoms with Gasteiger partial charge in [-0.25, -0.2) is 4.99 Å². The van der Waals surface area contributed by atoms with Crippen LogP contribution >= 0.6 is 24.0 Å². The molecule has 0 unspecified atom stereocenters. The number of nitrogens with zero attached hydrogens (tertiary/aromatic N) is 1. The third-order valence-electron chi connectivity index (χ3n) is 2.56. The number of hydrogen-bond donors (Lipinski definition) is 2. The van der Waals surface area contributed by atoms with Gasteiger partial charge < -0.3 is 20.5 Å². The first kappa shape index (κ1) is 21.4. The van der Waals surface area contributed by atoms with Crippen LogP contribution in [0.5, 0.6) is 11.5 Å². The maximum atomic E-state index is 12.6. The van der Waals surface area contributed by atoms with Gasteiger partial charge in [-0.05, 0) is 19.9 Å². The number of guanidine groups is 1. The second kappa shape index (κ2) is 11.0. The van der Waals surface area contributed by atoms with Crippen molar-refractivity contribution in [2.75, 3.05) is 13.2 Å². The van der Waals surface area contributed by atoms with E-state index in [2.05, 4.69) is 21.6 Å². The topological polar surface area (TPSA) is 68.9 Å². The monoisotopic (exact) mass is 441 g/mol. The Kier molecular flexibility index (Phi) is 10.3. The van der Waals surface area contributed by atoms with Crippen LogP contribution in [0.2, 0.25) is 0 Å². The van der Waals surface area contributed by atoms with E-state index >= 15 is 0 Å². The average Bonchev–Trinajstić information content (AvgIpc) is 2.45. The number of aliphatic imine (C=N–C) groups is 1. The summed E-state index contributed by atoms with van der Waals surface area (Å²) in [6, 6.07) is 4.89. The molecule has 23 heavy (non-hydrogen) atoms. The molecular weight excluding hydrogens is 419 g/mol. The Morgan fingerprint density at radius 1 is 1.43 bits per heavy atom. The summed E-state index contributed by atoms with van der Waals surface area (Å²) in [5.74, 6) is 0.438. The minimum atomic E-state index is -2.94. The average molecular weight is 441 g/mol. The van der Waals surface area contributed by atoms with Crippen molar-refractivity contribution in [2.45, 2.75) is 27.0 Å². The molecule has 0 bridgehead atoms. The Labute approximate surface area is 152 Å². The van der Waals surface area contributed by atoms with Crippen LogP contribution in [0.25, 0.3) is 0 Å². The van der Waals surface area contributed by atoms with Gasteiger partial charge in [-0.1, -0.05) is 24.3 Å². The van der Waals surface area contributed by atoms with Crippen molar-refractivity contribution in [3.63, 3.8) is 0 Å². The van der Waals surface area contributed by atoms with Crippen molar-refractivity contribution < 1.29 is 18.3 Å². The quantitative estimate of drug-likeness (QED) is 0.281. The lowest BCUT2D eigenvalue weighted by molar-refractivity contribution is -0.0520. The van der Waals surface area contributed by atoms with Gasteiger partial charge in [0, 0.05) is 12.1 Å². The van der Waals surface area contributed by atoms with Crippen molar-refractivity contribution in [1.82, 2.24) is 5.32 Å². The molecular formula is C15H22F2IN3O2. The number of rotatable bonds is 8. The largest absolute Gasteiger partial charge is 0.490 e. The van der Waals surface area contributed by atoms with E-state index in [1.165, 1.54) is 0 Å². The minimum absolute atomic E-state index is 0. The summed E-state index contributed by atoms with van der Waals surface area (Å²) in [6.45, 7) is 5.33. The third-order valence-corrected chi connectivity index (χ3v) is 2.56. The number of hydrogen-bond acceptors (Lipinski definition) is 3. The summed E-state index contributed by atoms with van der Waals surface area (Å²) in [5, 5.41) is 2.86. The number of para-hydroxylation sites is 1. The Morgan fingerprint density at radius 2 is 2.13 bits per heavy atom. The van der Waals surface area contributed by atoms with Gasteiger partial charge in [0.05, 0.1) is 13.2 Å². The molecule has 0 fully saturated rings. The molecule has 0 heterocycles. The lowest BCUT2D eigenvalue weighted by atomic mass is 10.2. The van der Waals surface area contributed by atoms with Gasteiger partial charge in [0.25, 0.3) is 0 Å². The van der Waals surface area contributed by atoms with E-state index in [1.54, 1.807) is 25.1 Å². The summed E-state index contributed by atoms with van der Waals surface area (Å²) in [7, 11) is 0. The molecule has 1 rings (SSSR count). The second-order valence-corrected chi connectivity index (χ2v) is 4.57. The van der Waals surface area contributed by atoms with E-state index in [1.807, 2.05) is 6.92 Å².